The standard InChI is InChI=1S/C14H16N2O5/c1-8(2)21-6-5-16-11-4-3-9(14(19)20)7-10(11)15-12(17)13(16)18/h3-4,7-8H,5-6H2,1-2H3,(H,15,17)(H,19,20). The smallest absolute Gasteiger partial charge is 0.335 e. The van der Waals surface area contributed by atoms with E-state index in [0.717, 1.165) is 0 Å². The lowest BCUT2D eigenvalue weighted by Crippen LogP contribution is -2.37. The van der Waals surface area contributed by atoms with Crippen molar-refractivity contribution in [1.29, 1.82) is 0 Å². The van der Waals surface area contributed by atoms with Crippen LogP contribution in [0.4, 0.5) is 0 Å². The molecule has 2 N–H and O–H groups in total. The van der Waals surface area contributed by atoms with Gasteiger partial charge in [0.2, 0.25) is 0 Å². The Morgan fingerprint density at radius 2 is 2.10 bits per heavy atom. The minimum absolute atomic E-state index is 0.0209. The van der Waals surface area contributed by atoms with Gasteiger partial charge in [0.1, 0.15) is 0 Å². The predicted octanol–water partition coefficient (Wildman–Crippen LogP) is 0.813. The Bertz CT molecular complexity index is 788. The summed E-state index contributed by atoms with van der Waals surface area (Å²) < 4.78 is 6.68. The maximum atomic E-state index is 11.9. The van der Waals surface area contributed by atoms with Crippen molar-refractivity contribution >= 4 is 17.0 Å². The van der Waals surface area contributed by atoms with Gasteiger partial charge in [0, 0.05) is 6.54 Å². The molecule has 1 heterocycles. The fourth-order valence-electron chi connectivity index (χ4n) is 2.01. The van der Waals surface area contributed by atoms with Crippen LogP contribution in [0.1, 0.15) is 24.2 Å². The lowest BCUT2D eigenvalue weighted by Gasteiger charge is -2.12. The molecule has 0 spiro atoms. The van der Waals surface area contributed by atoms with Gasteiger partial charge in [-0.05, 0) is 32.0 Å². The third-order valence-corrected chi connectivity index (χ3v) is 2.99. The van der Waals surface area contributed by atoms with E-state index in [1.165, 1.54) is 22.8 Å². The summed E-state index contributed by atoms with van der Waals surface area (Å²) in [6, 6.07) is 4.23. The molecule has 0 radical (unpaired) electrons. The molecule has 0 saturated heterocycles. The van der Waals surface area contributed by atoms with Gasteiger partial charge >= 0.3 is 17.1 Å². The second-order valence-corrected chi connectivity index (χ2v) is 4.87. The van der Waals surface area contributed by atoms with Crippen molar-refractivity contribution in [3.8, 4) is 0 Å². The molecule has 0 amide bonds. The van der Waals surface area contributed by atoms with E-state index in [-0.39, 0.29) is 24.8 Å². The van der Waals surface area contributed by atoms with Crippen LogP contribution in [-0.2, 0) is 11.3 Å². The van der Waals surface area contributed by atoms with Gasteiger partial charge in [-0.25, -0.2) is 4.79 Å². The maximum absolute atomic E-state index is 11.9. The number of benzene rings is 1. The second-order valence-electron chi connectivity index (χ2n) is 4.87. The molecule has 0 unspecified atom stereocenters. The first-order chi connectivity index (χ1) is 9.90. The number of hydrogen-bond donors (Lipinski definition) is 2. The SMILES string of the molecule is CC(C)OCCn1c(=O)c(=O)[nH]c2cc(C(=O)O)ccc21. The molecule has 0 aliphatic carbocycles. The van der Waals surface area contributed by atoms with Gasteiger partial charge in [-0.2, -0.15) is 0 Å². The highest BCUT2D eigenvalue weighted by molar-refractivity contribution is 5.92. The molecule has 2 rings (SSSR count). The van der Waals surface area contributed by atoms with E-state index in [2.05, 4.69) is 4.98 Å². The van der Waals surface area contributed by atoms with Gasteiger partial charge in [0.15, 0.2) is 0 Å². The van der Waals surface area contributed by atoms with Gasteiger partial charge in [-0.15, -0.1) is 0 Å². The zero-order valence-electron chi connectivity index (χ0n) is 11.8. The molecule has 0 atom stereocenters. The Kier molecular flexibility index (Phi) is 4.23. The summed E-state index contributed by atoms with van der Waals surface area (Å²) in [5, 5.41) is 8.96. The second kappa shape index (κ2) is 5.92. The number of carboxylic acids is 1. The number of aromatic amines is 1. The number of aromatic nitrogens is 2. The van der Waals surface area contributed by atoms with Gasteiger partial charge in [0.25, 0.3) is 0 Å². The summed E-state index contributed by atoms with van der Waals surface area (Å²) in [6.07, 6.45) is 0.0209. The van der Waals surface area contributed by atoms with Gasteiger partial charge in [0.05, 0.1) is 29.3 Å². The molecule has 0 aliphatic heterocycles. The van der Waals surface area contributed by atoms with Crippen molar-refractivity contribution in [1.82, 2.24) is 9.55 Å². The molecular formula is C14H16N2O5. The third-order valence-electron chi connectivity index (χ3n) is 2.99. The van der Waals surface area contributed by atoms with Gasteiger partial charge in [-0.1, -0.05) is 0 Å². The number of hydrogen-bond acceptors (Lipinski definition) is 4. The zero-order chi connectivity index (χ0) is 15.6. The Balaban J connectivity index is 2.52. The van der Waals surface area contributed by atoms with Crippen LogP contribution in [0.2, 0.25) is 0 Å². The fourth-order valence-corrected chi connectivity index (χ4v) is 2.01. The van der Waals surface area contributed by atoms with Crippen LogP contribution < -0.4 is 11.1 Å². The van der Waals surface area contributed by atoms with Crippen LogP contribution in [0.3, 0.4) is 0 Å². The van der Waals surface area contributed by atoms with Crippen LogP contribution in [0.15, 0.2) is 27.8 Å². The number of carbonyl (C=O) groups is 1. The summed E-state index contributed by atoms with van der Waals surface area (Å²) in [5.74, 6) is -1.10. The number of nitrogens with one attached hydrogen (secondary N) is 1. The molecule has 2 aromatic rings. The molecule has 0 bridgehead atoms. The lowest BCUT2D eigenvalue weighted by atomic mass is 10.2. The van der Waals surface area contributed by atoms with Crippen LogP contribution in [0.25, 0.3) is 11.0 Å². The predicted molar refractivity (Wildman–Crippen MR) is 76.9 cm³/mol. The van der Waals surface area contributed by atoms with Crippen molar-refractivity contribution in [3.05, 3.63) is 44.5 Å². The monoisotopic (exact) mass is 292 g/mol. The summed E-state index contributed by atoms with van der Waals surface area (Å²) in [6.45, 7) is 4.26. The van der Waals surface area contributed by atoms with Crippen LogP contribution in [0, 0.1) is 0 Å². The molecule has 1 aromatic carbocycles. The first-order valence-corrected chi connectivity index (χ1v) is 6.52. The van der Waals surface area contributed by atoms with Gasteiger partial charge in [-0.3, -0.25) is 14.2 Å². The van der Waals surface area contributed by atoms with Crippen molar-refractivity contribution in [3.63, 3.8) is 0 Å². The molecule has 21 heavy (non-hydrogen) atoms. The molecule has 0 aliphatic rings. The number of rotatable bonds is 5. The molecule has 7 heteroatoms. The number of nitrogens with zero attached hydrogens (tertiary/aromatic N) is 1. The minimum atomic E-state index is -1.10. The highest BCUT2D eigenvalue weighted by Gasteiger charge is 2.10. The normalized spacial score (nSPS) is 11.2. The largest absolute Gasteiger partial charge is 0.478 e. The van der Waals surface area contributed by atoms with E-state index in [9.17, 15) is 14.4 Å². The summed E-state index contributed by atoms with van der Waals surface area (Å²) in [7, 11) is 0. The Morgan fingerprint density at radius 1 is 1.38 bits per heavy atom. The van der Waals surface area contributed by atoms with Crippen molar-refractivity contribution in [2.45, 2.75) is 26.5 Å². The van der Waals surface area contributed by atoms with E-state index in [1.54, 1.807) is 0 Å². The average Bonchev–Trinajstić information content (AvgIpc) is 2.42. The van der Waals surface area contributed by atoms with E-state index >= 15 is 0 Å². The van der Waals surface area contributed by atoms with Crippen LogP contribution in [-0.4, -0.2) is 33.3 Å². The summed E-state index contributed by atoms with van der Waals surface area (Å²) in [5.41, 5.74) is -0.643. The van der Waals surface area contributed by atoms with Gasteiger partial charge < -0.3 is 14.8 Å². The van der Waals surface area contributed by atoms with Crippen LogP contribution in [0.5, 0.6) is 0 Å². The molecule has 0 fully saturated rings. The van der Waals surface area contributed by atoms with E-state index in [0.29, 0.717) is 11.0 Å². The molecule has 7 nitrogen and oxygen atoms in total. The Labute approximate surface area is 119 Å². The van der Waals surface area contributed by atoms with E-state index in [4.69, 9.17) is 9.84 Å². The highest BCUT2D eigenvalue weighted by Crippen LogP contribution is 2.11. The quantitative estimate of drug-likeness (QED) is 0.794. The van der Waals surface area contributed by atoms with Crippen molar-refractivity contribution in [2.24, 2.45) is 0 Å². The topological polar surface area (TPSA) is 101 Å². The number of aromatic carboxylic acids is 1. The van der Waals surface area contributed by atoms with Crippen molar-refractivity contribution < 1.29 is 14.6 Å². The molecule has 1 aromatic heterocycles. The lowest BCUT2D eigenvalue weighted by molar-refractivity contribution is 0.0695. The highest BCUT2D eigenvalue weighted by atomic mass is 16.5. The first-order valence-electron chi connectivity index (χ1n) is 6.52. The summed E-state index contributed by atoms with van der Waals surface area (Å²) >= 11 is 0. The molecule has 112 valence electrons. The van der Waals surface area contributed by atoms with Crippen molar-refractivity contribution in [2.75, 3.05) is 6.61 Å². The average molecular weight is 292 g/mol. The fraction of sp³-hybridized carbons (Fsp3) is 0.357. The Hall–Kier alpha value is -2.41. The Morgan fingerprint density at radius 3 is 2.71 bits per heavy atom. The first kappa shape index (κ1) is 15.0. The molecule has 0 saturated carbocycles. The summed E-state index contributed by atoms with van der Waals surface area (Å²) in [4.78, 5) is 36.9. The zero-order valence-corrected chi connectivity index (χ0v) is 11.8. The number of carboxylic acid groups (broad SMARTS) is 1. The number of fused-ring (bicyclic) bond motifs is 1. The van der Waals surface area contributed by atoms with E-state index in [1.807, 2.05) is 13.8 Å². The minimum Gasteiger partial charge on any atom is -0.478 e. The number of ether oxygens (including phenoxy) is 1. The molecular weight excluding hydrogens is 276 g/mol. The third kappa shape index (κ3) is 3.19. The maximum Gasteiger partial charge on any atom is 0.335 e. The van der Waals surface area contributed by atoms with E-state index < -0.39 is 17.1 Å². The number of H-pyrrole nitrogens is 1. The van der Waals surface area contributed by atoms with Crippen LogP contribution >= 0.6 is 0 Å².